The van der Waals surface area contributed by atoms with Crippen molar-refractivity contribution in [3.63, 3.8) is 0 Å². The summed E-state index contributed by atoms with van der Waals surface area (Å²) in [6.07, 6.45) is -5.07. The van der Waals surface area contributed by atoms with Crippen LogP contribution >= 0.6 is 0 Å². The monoisotopic (exact) mass is 525 g/mol. The number of rotatable bonds is 10. The lowest BCUT2D eigenvalue weighted by Crippen LogP contribution is -2.53. The third-order valence-electron chi connectivity index (χ3n) is 6.89. The Hall–Kier alpha value is -3.20. The van der Waals surface area contributed by atoms with Crippen LogP contribution in [0.1, 0.15) is 22.3 Å². The van der Waals surface area contributed by atoms with Gasteiger partial charge in [-0.2, -0.15) is 13.2 Å². The maximum absolute atomic E-state index is 13.1. The van der Waals surface area contributed by atoms with Gasteiger partial charge in [0.05, 0.1) is 24.1 Å². The number of hydrogen-bond acceptors (Lipinski definition) is 4. The van der Waals surface area contributed by atoms with E-state index in [-0.39, 0.29) is 12.0 Å². The Kier molecular flexibility index (Phi) is 9.55. The maximum Gasteiger partial charge on any atom is 0.416 e. The molecule has 4 rings (SSSR count). The molecule has 0 saturated carbocycles. The molecule has 0 spiro atoms. The van der Waals surface area contributed by atoms with Gasteiger partial charge in [-0.25, -0.2) is 0 Å². The van der Waals surface area contributed by atoms with E-state index >= 15 is 0 Å². The lowest BCUT2D eigenvalue weighted by molar-refractivity contribution is -0.137. The molecule has 38 heavy (non-hydrogen) atoms. The summed E-state index contributed by atoms with van der Waals surface area (Å²) in [6, 6.07) is 24.1. The highest BCUT2D eigenvalue weighted by Gasteiger charge is 2.31. The van der Waals surface area contributed by atoms with Gasteiger partial charge in [0.25, 0.3) is 0 Å². The number of aliphatic hydroxyl groups is 1. The Morgan fingerprint density at radius 2 is 1.39 bits per heavy atom. The minimum atomic E-state index is -4.47. The summed E-state index contributed by atoms with van der Waals surface area (Å²) in [7, 11) is 0. The van der Waals surface area contributed by atoms with Crippen LogP contribution in [0.3, 0.4) is 0 Å². The first-order chi connectivity index (χ1) is 18.3. The highest BCUT2D eigenvalue weighted by atomic mass is 19.4. The second-order valence-electron chi connectivity index (χ2n) is 9.87. The van der Waals surface area contributed by atoms with Crippen molar-refractivity contribution in [2.45, 2.75) is 37.7 Å². The van der Waals surface area contributed by atoms with Gasteiger partial charge >= 0.3 is 6.18 Å². The van der Waals surface area contributed by atoms with E-state index in [9.17, 15) is 23.1 Å². The average molecular weight is 526 g/mol. The number of benzene rings is 3. The maximum atomic E-state index is 13.1. The summed E-state index contributed by atoms with van der Waals surface area (Å²) < 4.78 is 39.2. The van der Waals surface area contributed by atoms with Crippen molar-refractivity contribution in [1.82, 2.24) is 15.1 Å². The van der Waals surface area contributed by atoms with Crippen LogP contribution in [0.5, 0.6) is 0 Å². The van der Waals surface area contributed by atoms with Crippen molar-refractivity contribution in [2.24, 2.45) is 0 Å². The third-order valence-corrected chi connectivity index (χ3v) is 6.89. The molecule has 0 unspecified atom stereocenters. The largest absolute Gasteiger partial charge is 0.416 e. The highest BCUT2D eigenvalue weighted by Crippen LogP contribution is 2.29. The Balaban J connectivity index is 1.35. The first-order valence-electron chi connectivity index (χ1n) is 12.9. The molecule has 8 heteroatoms. The smallest absolute Gasteiger partial charge is 0.390 e. The zero-order valence-electron chi connectivity index (χ0n) is 21.3. The van der Waals surface area contributed by atoms with Gasteiger partial charge in [-0.1, -0.05) is 78.9 Å². The van der Waals surface area contributed by atoms with Gasteiger partial charge in [-0.3, -0.25) is 14.6 Å². The van der Waals surface area contributed by atoms with Crippen molar-refractivity contribution in [3.8, 4) is 0 Å². The lowest BCUT2D eigenvalue weighted by atomic mass is 9.99. The van der Waals surface area contributed by atoms with E-state index in [0.717, 1.165) is 50.4 Å². The second-order valence-corrected chi connectivity index (χ2v) is 9.87. The van der Waals surface area contributed by atoms with Crippen molar-refractivity contribution in [3.05, 3.63) is 107 Å². The molecule has 202 valence electrons. The fraction of sp³-hybridized carbons (Fsp3) is 0.367. The van der Waals surface area contributed by atoms with Crippen LogP contribution in [0, 0.1) is 0 Å². The van der Waals surface area contributed by atoms with Gasteiger partial charge < -0.3 is 10.4 Å². The predicted octanol–water partition coefficient (Wildman–Crippen LogP) is 4.15. The van der Waals surface area contributed by atoms with E-state index in [4.69, 9.17) is 0 Å². The average Bonchev–Trinajstić information content (AvgIpc) is 2.90. The van der Waals surface area contributed by atoms with Gasteiger partial charge in [0, 0.05) is 39.3 Å². The Bertz CT molecular complexity index is 1150. The molecule has 2 N–H and O–H groups in total. The predicted molar refractivity (Wildman–Crippen MR) is 141 cm³/mol. The van der Waals surface area contributed by atoms with Crippen LogP contribution in [0.2, 0.25) is 0 Å². The number of alkyl halides is 3. The first kappa shape index (κ1) is 27.8. The normalized spacial score (nSPS) is 16.6. The number of amides is 1. The zero-order valence-corrected chi connectivity index (χ0v) is 21.3. The summed E-state index contributed by atoms with van der Waals surface area (Å²) >= 11 is 0. The number of carbonyl (C=O) groups excluding carboxylic acids is 1. The molecule has 0 aromatic heterocycles. The van der Waals surface area contributed by atoms with Crippen molar-refractivity contribution in [2.75, 3.05) is 32.7 Å². The molecular formula is C30H34F3N3O2. The summed E-state index contributed by atoms with van der Waals surface area (Å²) in [5.74, 6) is -0.419. The minimum absolute atomic E-state index is 0.194. The van der Waals surface area contributed by atoms with Crippen molar-refractivity contribution < 1.29 is 23.1 Å². The Morgan fingerprint density at radius 3 is 2.03 bits per heavy atom. The van der Waals surface area contributed by atoms with Crippen LogP contribution in [0.25, 0.3) is 0 Å². The molecule has 1 aliphatic heterocycles. The molecule has 1 fully saturated rings. The third kappa shape index (κ3) is 8.41. The Labute approximate surface area is 221 Å². The Morgan fingerprint density at radius 1 is 0.816 bits per heavy atom. The first-order valence-corrected chi connectivity index (χ1v) is 12.9. The number of aliphatic hydroxyl groups excluding tert-OH is 1. The molecule has 1 amide bonds. The lowest BCUT2D eigenvalue weighted by Gasteiger charge is -2.37. The van der Waals surface area contributed by atoms with E-state index in [0.29, 0.717) is 13.0 Å². The molecule has 2 atom stereocenters. The van der Waals surface area contributed by atoms with Crippen LogP contribution in [0.4, 0.5) is 13.2 Å². The van der Waals surface area contributed by atoms with Crippen LogP contribution in [-0.4, -0.2) is 65.7 Å². The SMILES string of the molecule is O=C(Cc1cccc(C(F)(F)F)c1)N[C@@H](Cc1ccccc1)[C@@H](O)CN1CCN(Cc2ccccc2)CC1. The van der Waals surface area contributed by atoms with Crippen molar-refractivity contribution in [1.29, 1.82) is 0 Å². The van der Waals surface area contributed by atoms with E-state index in [1.165, 1.54) is 17.7 Å². The molecular weight excluding hydrogens is 491 g/mol. The number of nitrogens with zero attached hydrogens (tertiary/aromatic N) is 2. The quantitative estimate of drug-likeness (QED) is 0.418. The fourth-order valence-electron chi connectivity index (χ4n) is 4.82. The standard InChI is InChI=1S/C30H34F3N3O2/c31-30(32,33)26-13-7-12-25(18-26)20-29(38)34-27(19-23-8-3-1-4-9-23)28(37)22-36-16-14-35(15-17-36)21-24-10-5-2-6-11-24/h1-13,18,27-28,37H,14-17,19-22H2,(H,34,38)/t27-,28-/m0/s1. The second kappa shape index (κ2) is 13.0. The summed E-state index contributed by atoms with van der Waals surface area (Å²) in [4.78, 5) is 17.4. The van der Waals surface area contributed by atoms with Crippen LogP contribution in [-0.2, 0) is 30.4 Å². The van der Waals surface area contributed by atoms with Gasteiger partial charge in [-0.15, -0.1) is 0 Å². The fourth-order valence-corrected chi connectivity index (χ4v) is 4.82. The van der Waals surface area contributed by atoms with Gasteiger partial charge in [0.15, 0.2) is 0 Å². The minimum Gasteiger partial charge on any atom is -0.390 e. The molecule has 1 saturated heterocycles. The molecule has 0 bridgehead atoms. The van der Waals surface area contributed by atoms with E-state index in [1.807, 2.05) is 48.5 Å². The summed E-state index contributed by atoms with van der Waals surface area (Å²) in [5.41, 5.74) is 1.73. The number of halogens is 3. The molecule has 3 aromatic rings. The summed E-state index contributed by atoms with van der Waals surface area (Å²) in [6.45, 7) is 4.67. The van der Waals surface area contributed by atoms with Crippen LogP contribution < -0.4 is 5.32 Å². The molecule has 3 aromatic carbocycles. The van der Waals surface area contributed by atoms with Crippen molar-refractivity contribution >= 4 is 5.91 Å². The molecule has 0 aliphatic carbocycles. The number of piperazine rings is 1. The van der Waals surface area contributed by atoms with Gasteiger partial charge in [0.2, 0.25) is 5.91 Å². The number of hydrogen-bond donors (Lipinski definition) is 2. The van der Waals surface area contributed by atoms with Gasteiger partial charge in [-0.05, 0) is 29.2 Å². The van der Waals surface area contributed by atoms with E-state index in [2.05, 4.69) is 27.2 Å². The van der Waals surface area contributed by atoms with Crippen LogP contribution in [0.15, 0.2) is 84.9 Å². The van der Waals surface area contributed by atoms with Gasteiger partial charge in [0.1, 0.15) is 0 Å². The molecule has 1 heterocycles. The summed E-state index contributed by atoms with van der Waals surface area (Å²) in [5, 5.41) is 14.1. The van der Waals surface area contributed by atoms with E-state index < -0.39 is 29.8 Å². The number of β-amino-alcohol motifs (C(OH)–C–C–N with tert-alkyl or cyclic N) is 1. The highest BCUT2D eigenvalue weighted by molar-refractivity contribution is 5.79. The molecule has 1 aliphatic rings. The molecule has 0 radical (unpaired) electrons. The number of carbonyl (C=O) groups is 1. The molecule has 5 nitrogen and oxygen atoms in total. The van der Waals surface area contributed by atoms with E-state index in [1.54, 1.807) is 0 Å². The topological polar surface area (TPSA) is 55.8 Å². The number of nitrogens with one attached hydrogen (secondary N) is 1. The zero-order chi connectivity index (χ0) is 27.0.